The Kier molecular flexibility index (Phi) is 6.03. The van der Waals surface area contributed by atoms with Crippen molar-refractivity contribution in [1.82, 2.24) is 5.32 Å². The van der Waals surface area contributed by atoms with Gasteiger partial charge in [0, 0.05) is 35.9 Å². The summed E-state index contributed by atoms with van der Waals surface area (Å²) in [6, 6.07) is 4.99. The third kappa shape index (κ3) is 4.26. The van der Waals surface area contributed by atoms with Gasteiger partial charge in [-0.2, -0.15) is 0 Å². The molecule has 0 bridgehead atoms. The van der Waals surface area contributed by atoms with Crippen molar-refractivity contribution in [1.29, 1.82) is 0 Å². The molecule has 172 valence electrons. The summed E-state index contributed by atoms with van der Waals surface area (Å²) in [5, 5.41) is 13.7. The fraction of sp³-hybridized carbons (Fsp3) is 0.520. The van der Waals surface area contributed by atoms with Gasteiger partial charge in [-0.15, -0.1) is 0 Å². The second-order valence-corrected chi connectivity index (χ2v) is 9.59. The molecule has 7 nitrogen and oxygen atoms in total. The van der Waals surface area contributed by atoms with Crippen molar-refractivity contribution in [2.45, 2.75) is 58.5 Å². The number of rotatable bonds is 5. The molecule has 32 heavy (non-hydrogen) atoms. The lowest BCUT2D eigenvalue weighted by atomic mass is 9.68. The maximum atomic E-state index is 13.3. The topological polar surface area (TPSA) is 94.1 Å². The van der Waals surface area contributed by atoms with Crippen LogP contribution in [0.1, 0.15) is 57.9 Å². The Morgan fingerprint density at radius 1 is 1.31 bits per heavy atom. The molecule has 0 aromatic heterocycles. The fourth-order valence-corrected chi connectivity index (χ4v) is 4.95. The van der Waals surface area contributed by atoms with E-state index >= 15 is 0 Å². The quantitative estimate of drug-likeness (QED) is 0.673. The number of benzene rings is 1. The Morgan fingerprint density at radius 2 is 2.09 bits per heavy atom. The van der Waals surface area contributed by atoms with Crippen molar-refractivity contribution in [3.8, 4) is 11.5 Å². The number of hydrogen-bond acceptors (Lipinski definition) is 7. The van der Waals surface area contributed by atoms with Crippen LogP contribution >= 0.6 is 0 Å². The van der Waals surface area contributed by atoms with E-state index in [2.05, 4.69) is 19.2 Å². The third-order valence-corrected chi connectivity index (χ3v) is 6.42. The molecule has 0 saturated carbocycles. The highest BCUT2D eigenvalue weighted by Crippen LogP contribution is 2.47. The Morgan fingerprint density at radius 3 is 2.75 bits per heavy atom. The smallest absolute Gasteiger partial charge is 0.336 e. The Bertz CT molecular complexity index is 1000. The Hall–Kier alpha value is -2.80. The molecule has 1 aliphatic carbocycles. The third-order valence-electron chi connectivity index (χ3n) is 6.42. The first-order chi connectivity index (χ1) is 15.2. The molecule has 0 radical (unpaired) electrons. The number of Topliss-reactive ketones (excluding diaryl/α,β-unsaturated/α-hetero) is 1. The number of ketones is 1. The molecule has 1 saturated heterocycles. The van der Waals surface area contributed by atoms with Crippen molar-refractivity contribution in [2.24, 2.45) is 5.41 Å². The number of esters is 1. The van der Waals surface area contributed by atoms with Crippen LogP contribution < -0.4 is 10.1 Å². The fourth-order valence-electron chi connectivity index (χ4n) is 4.95. The molecule has 3 aliphatic rings. The summed E-state index contributed by atoms with van der Waals surface area (Å²) in [6.07, 6.45) is 2.82. The van der Waals surface area contributed by atoms with E-state index in [1.54, 1.807) is 18.2 Å². The average Bonchev–Trinajstić information content (AvgIpc) is 3.23. The van der Waals surface area contributed by atoms with Crippen molar-refractivity contribution < 1.29 is 28.9 Å². The summed E-state index contributed by atoms with van der Waals surface area (Å²) in [4.78, 5) is 26.6. The van der Waals surface area contributed by atoms with Gasteiger partial charge in [0.15, 0.2) is 17.3 Å². The van der Waals surface area contributed by atoms with Crippen LogP contribution in [0.15, 0.2) is 40.7 Å². The standard InChI is InChI=1S/C25H31NO6/c1-14-21(24(29)32-13-16-6-5-9-31-16)22(15-7-8-20(30-4)18(27)10-15)23-17(26-14)11-25(2,3)12-19(23)28/h7-8,10,16,22,26-27H,5-6,9,11-13H2,1-4H3/t16-,22+/m0/s1. The second kappa shape index (κ2) is 8.62. The van der Waals surface area contributed by atoms with Gasteiger partial charge in [-0.1, -0.05) is 19.9 Å². The van der Waals surface area contributed by atoms with Crippen molar-refractivity contribution in [2.75, 3.05) is 20.3 Å². The summed E-state index contributed by atoms with van der Waals surface area (Å²) in [6.45, 7) is 6.82. The minimum atomic E-state index is -0.622. The van der Waals surface area contributed by atoms with Crippen molar-refractivity contribution in [3.63, 3.8) is 0 Å². The molecule has 2 atom stereocenters. The van der Waals surface area contributed by atoms with E-state index in [4.69, 9.17) is 14.2 Å². The highest BCUT2D eigenvalue weighted by Gasteiger charge is 2.43. The normalized spacial score (nSPS) is 24.8. The number of carbonyl (C=O) groups is 2. The first kappa shape index (κ1) is 22.4. The molecule has 7 heteroatoms. The molecule has 2 heterocycles. The van der Waals surface area contributed by atoms with Gasteiger partial charge < -0.3 is 24.6 Å². The van der Waals surface area contributed by atoms with Gasteiger partial charge in [-0.05, 0) is 49.3 Å². The predicted octanol–water partition coefficient (Wildman–Crippen LogP) is 3.73. The van der Waals surface area contributed by atoms with Gasteiger partial charge in [0.05, 0.1) is 18.8 Å². The zero-order valence-electron chi connectivity index (χ0n) is 19.1. The number of ether oxygens (including phenoxy) is 3. The Labute approximate surface area is 188 Å². The van der Waals surface area contributed by atoms with Gasteiger partial charge in [-0.25, -0.2) is 4.79 Å². The zero-order chi connectivity index (χ0) is 23.0. The number of phenols is 1. The van der Waals surface area contributed by atoms with Gasteiger partial charge in [0.25, 0.3) is 0 Å². The number of carbonyl (C=O) groups excluding carboxylic acids is 2. The van der Waals surface area contributed by atoms with E-state index in [-0.39, 0.29) is 29.7 Å². The van der Waals surface area contributed by atoms with Crippen LogP contribution in [0, 0.1) is 5.41 Å². The van der Waals surface area contributed by atoms with E-state index < -0.39 is 11.9 Å². The number of methoxy groups -OCH3 is 1. The summed E-state index contributed by atoms with van der Waals surface area (Å²) < 4.78 is 16.4. The summed E-state index contributed by atoms with van der Waals surface area (Å²) in [7, 11) is 1.48. The monoisotopic (exact) mass is 441 g/mol. The number of nitrogens with one attached hydrogen (secondary N) is 1. The predicted molar refractivity (Wildman–Crippen MR) is 118 cm³/mol. The second-order valence-electron chi connectivity index (χ2n) is 9.59. The molecular formula is C25H31NO6. The average molecular weight is 442 g/mol. The van der Waals surface area contributed by atoms with E-state index in [1.165, 1.54) is 7.11 Å². The number of phenolic OH excluding ortho intramolecular Hbond substituents is 1. The summed E-state index contributed by atoms with van der Waals surface area (Å²) in [5.41, 5.74) is 2.93. The van der Waals surface area contributed by atoms with Crippen molar-refractivity contribution in [3.05, 3.63) is 46.3 Å². The largest absolute Gasteiger partial charge is 0.504 e. The van der Waals surface area contributed by atoms with Crippen LogP contribution in [-0.4, -0.2) is 43.3 Å². The van der Waals surface area contributed by atoms with E-state index in [0.717, 1.165) is 18.5 Å². The molecule has 2 aliphatic heterocycles. The van der Waals surface area contributed by atoms with Crippen molar-refractivity contribution >= 4 is 11.8 Å². The highest BCUT2D eigenvalue weighted by atomic mass is 16.6. The van der Waals surface area contributed by atoms with Crippen LogP contribution in [-0.2, 0) is 19.1 Å². The first-order valence-corrected chi connectivity index (χ1v) is 11.1. The van der Waals surface area contributed by atoms with Crippen LogP contribution in [0.25, 0.3) is 0 Å². The molecule has 0 amide bonds. The number of aromatic hydroxyl groups is 1. The highest BCUT2D eigenvalue weighted by molar-refractivity contribution is 6.04. The van der Waals surface area contributed by atoms with Crippen LogP contribution in [0.4, 0.5) is 0 Å². The Balaban J connectivity index is 1.74. The summed E-state index contributed by atoms with van der Waals surface area (Å²) >= 11 is 0. The maximum absolute atomic E-state index is 13.3. The molecular weight excluding hydrogens is 410 g/mol. The molecule has 1 aromatic carbocycles. The first-order valence-electron chi connectivity index (χ1n) is 11.1. The van der Waals surface area contributed by atoms with Gasteiger partial charge in [0.2, 0.25) is 0 Å². The summed E-state index contributed by atoms with van der Waals surface area (Å²) in [5.74, 6) is -0.810. The van der Waals surface area contributed by atoms with Crippen LogP contribution in [0.2, 0.25) is 0 Å². The lowest BCUT2D eigenvalue weighted by Gasteiger charge is -2.39. The van der Waals surface area contributed by atoms with Gasteiger partial charge >= 0.3 is 5.97 Å². The zero-order valence-corrected chi connectivity index (χ0v) is 19.1. The minimum Gasteiger partial charge on any atom is -0.504 e. The molecule has 0 spiro atoms. The number of dihydropyridines is 1. The maximum Gasteiger partial charge on any atom is 0.336 e. The molecule has 0 unspecified atom stereocenters. The molecule has 2 N–H and O–H groups in total. The van der Waals surface area contributed by atoms with Gasteiger partial charge in [0.1, 0.15) is 6.61 Å². The van der Waals surface area contributed by atoms with E-state index in [1.807, 2.05) is 6.92 Å². The molecule has 1 fully saturated rings. The van der Waals surface area contributed by atoms with Crippen LogP contribution in [0.3, 0.4) is 0 Å². The van der Waals surface area contributed by atoms with E-state index in [0.29, 0.717) is 47.6 Å². The van der Waals surface area contributed by atoms with Gasteiger partial charge in [-0.3, -0.25) is 4.79 Å². The minimum absolute atomic E-state index is 0.000911. The lowest BCUT2D eigenvalue weighted by Crippen LogP contribution is -2.39. The molecule has 1 aromatic rings. The molecule has 4 rings (SSSR count). The lowest BCUT2D eigenvalue weighted by molar-refractivity contribution is -0.142. The number of hydrogen-bond donors (Lipinski definition) is 2. The van der Waals surface area contributed by atoms with E-state index in [9.17, 15) is 14.7 Å². The van der Waals surface area contributed by atoms with Crippen LogP contribution in [0.5, 0.6) is 11.5 Å². The SMILES string of the molecule is COc1ccc([C@@H]2C(C(=O)OC[C@@H]3CCCO3)=C(C)NC3=C2C(=O)CC(C)(C)C3)cc1O. The number of allylic oxidation sites excluding steroid dienone is 3.